The van der Waals surface area contributed by atoms with Gasteiger partial charge >= 0.3 is 12.0 Å². The maximum Gasteiger partial charge on any atom is 0.337 e. The average Bonchev–Trinajstić information content (AvgIpc) is 2.50. The van der Waals surface area contributed by atoms with E-state index in [1.54, 1.807) is 26.0 Å². The zero-order valence-electron chi connectivity index (χ0n) is 12.9. The van der Waals surface area contributed by atoms with Crippen molar-refractivity contribution in [1.29, 1.82) is 0 Å². The third-order valence-corrected chi connectivity index (χ3v) is 4.18. The number of halogens is 1. The zero-order chi connectivity index (χ0) is 17.1. The third kappa shape index (κ3) is 3.52. The van der Waals surface area contributed by atoms with Gasteiger partial charge in [-0.25, -0.2) is 9.59 Å². The number of methoxy groups -OCH3 is 1. The number of carbonyl (C=O) groups excluding carboxylic acids is 2. The Balaban J connectivity index is 2.56. The lowest BCUT2D eigenvalue weighted by molar-refractivity contribution is -0.136. The molecule has 1 aromatic rings. The molecule has 1 aliphatic heterocycles. The van der Waals surface area contributed by atoms with Gasteiger partial charge in [0.1, 0.15) is 0 Å². The molecule has 0 aromatic heterocycles. The van der Waals surface area contributed by atoms with Crippen LogP contribution in [0.2, 0.25) is 0 Å². The molecule has 3 N–H and O–H groups in total. The van der Waals surface area contributed by atoms with Gasteiger partial charge in [0.15, 0.2) is 11.5 Å². The average molecular weight is 432 g/mol. The van der Waals surface area contributed by atoms with E-state index < -0.39 is 18.0 Å². The first-order chi connectivity index (χ1) is 10.9. The Labute approximate surface area is 147 Å². The van der Waals surface area contributed by atoms with Gasteiger partial charge in [0.25, 0.3) is 0 Å². The molecule has 0 bridgehead atoms. The summed E-state index contributed by atoms with van der Waals surface area (Å²) in [6.45, 7) is 3.81. The van der Waals surface area contributed by atoms with Crippen molar-refractivity contribution in [3.05, 3.63) is 32.5 Å². The summed E-state index contributed by atoms with van der Waals surface area (Å²) in [5.41, 5.74) is 1.34. The zero-order valence-corrected chi connectivity index (χ0v) is 15.1. The van der Waals surface area contributed by atoms with Crippen LogP contribution in [0.3, 0.4) is 0 Å². The molecule has 0 saturated carbocycles. The Bertz CT molecular complexity index is 687. The summed E-state index contributed by atoms with van der Waals surface area (Å²) in [6.07, 6.45) is 0. The van der Waals surface area contributed by atoms with Gasteiger partial charge < -0.3 is 25.2 Å². The molecule has 8 heteroatoms. The molecule has 1 atom stereocenters. The van der Waals surface area contributed by atoms with Crippen LogP contribution in [0, 0.1) is 3.57 Å². The van der Waals surface area contributed by atoms with Gasteiger partial charge in [-0.05, 0) is 54.1 Å². The van der Waals surface area contributed by atoms with Crippen LogP contribution in [-0.4, -0.2) is 30.8 Å². The Morgan fingerprint density at radius 1 is 1.43 bits per heavy atom. The van der Waals surface area contributed by atoms with Gasteiger partial charge in [-0.2, -0.15) is 0 Å². The molecule has 2 amide bonds. The predicted octanol–water partition coefficient (Wildman–Crippen LogP) is 2.20. The minimum absolute atomic E-state index is 0.0248. The molecule has 1 aromatic carbocycles. The smallest absolute Gasteiger partial charge is 0.337 e. The number of benzene rings is 1. The summed E-state index contributed by atoms with van der Waals surface area (Å²) in [6, 6.07) is 2.18. The number of urea groups is 1. The van der Waals surface area contributed by atoms with Crippen LogP contribution in [0.1, 0.15) is 25.5 Å². The van der Waals surface area contributed by atoms with Crippen LogP contribution in [0.25, 0.3) is 0 Å². The summed E-state index contributed by atoms with van der Waals surface area (Å²) in [4.78, 5) is 23.9. The van der Waals surface area contributed by atoms with Crippen molar-refractivity contribution in [2.75, 3.05) is 13.7 Å². The molecule has 0 aliphatic carbocycles. The fraction of sp³-hybridized carbons (Fsp3) is 0.333. The highest BCUT2D eigenvalue weighted by Crippen LogP contribution is 2.37. The van der Waals surface area contributed by atoms with Crippen molar-refractivity contribution in [2.24, 2.45) is 0 Å². The van der Waals surface area contributed by atoms with E-state index >= 15 is 0 Å². The van der Waals surface area contributed by atoms with E-state index in [-0.39, 0.29) is 5.75 Å². The molecule has 0 spiro atoms. The summed E-state index contributed by atoms with van der Waals surface area (Å²) < 4.78 is 10.8. The fourth-order valence-electron chi connectivity index (χ4n) is 2.35. The first-order valence-electron chi connectivity index (χ1n) is 6.90. The third-order valence-electron chi connectivity index (χ3n) is 3.36. The van der Waals surface area contributed by atoms with Crippen LogP contribution < -0.4 is 15.4 Å². The largest absolute Gasteiger partial charge is 0.504 e. The lowest BCUT2D eigenvalue weighted by atomic mass is 9.95. The van der Waals surface area contributed by atoms with Crippen LogP contribution in [0.15, 0.2) is 23.4 Å². The number of hydrogen-bond acceptors (Lipinski definition) is 5. The quantitative estimate of drug-likeness (QED) is 0.501. The van der Waals surface area contributed by atoms with E-state index in [1.807, 2.05) is 22.6 Å². The van der Waals surface area contributed by atoms with Crippen LogP contribution in [0.4, 0.5) is 4.79 Å². The summed E-state index contributed by atoms with van der Waals surface area (Å²) in [5.74, 6) is -0.220. The molecule has 2 rings (SSSR count). The minimum atomic E-state index is -0.690. The lowest BCUT2D eigenvalue weighted by Gasteiger charge is -2.28. The molecule has 0 fully saturated rings. The van der Waals surface area contributed by atoms with E-state index in [4.69, 9.17) is 9.47 Å². The number of phenols is 1. The van der Waals surface area contributed by atoms with E-state index in [1.165, 1.54) is 7.11 Å². The van der Waals surface area contributed by atoms with Gasteiger partial charge in [0, 0.05) is 5.70 Å². The van der Waals surface area contributed by atoms with Gasteiger partial charge in [0.2, 0.25) is 0 Å². The highest BCUT2D eigenvalue weighted by atomic mass is 127. The van der Waals surface area contributed by atoms with Crippen LogP contribution >= 0.6 is 22.6 Å². The Kier molecular flexibility index (Phi) is 5.34. The van der Waals surface area contributed by atoms with Gasteiger partial charge in [-0.1, -0.05) is 0 Å². The van der Waals surface area contributed by atoms with Gasteiger partial charge in [-0.3, -0.25) is 0 Å². The number of hydrogen-bond donors (Lipinski definition) is 3. The van der Waals surface area contributed by atoms with Crippen LogP contribution in [0.5, 0.6) is 11.5 Å². The minimum Gasteiger partial charge on any atom is -0.504 e. The maximum absolute atomic E-state index is 12.1. The standard InChI is InChI=1S/C15H17IN2O5/c1-4-23-10-6-8(5-9(16)13(10)19)12-11(14(20)22-3)7(2)17-15(21)18-12/h5-6,12,19H,4H2,1-3H3,(H2,17,18,21)/t12-/m1/s1. The number of rotatable bonds is 4. The fourth-order valence-corrected chi connectivity index (χ4v) is 2.98. The molecule has 23 heavy (non-hydrogen) atoms. The molecule has 1 aliphatic rings. The topological polar surface area (TPSA) is 96.9 Å². The molecule has 1 heterocycles. The lowest BCUT2D eigenvalue weighted by Crippen LogP contribution is -2.45. The number of allylic oxidation sites excluding steroid dienone is 1. The second kappa shape index (κ2) is 7.07. The summed E-state index contributed by atoms with van der Waals surface area (Å²) >= 11 is 1.97. The highest BCUT2D eigenvalue weighted by Gasteiger charge is 2.32. The maximum atomic E-state index is 12.1. The predicted molar refractivity (Wildman–Crippen MR) is 91.1 cm³/mol. The Hall–Kier alpha value is -1.97. The first kappa shape index (κ1) is 17.4. The second-order valence-electron chi connectivity index (χ2n) is 4.84. The molecule has 0 radical (unpaired) electrons. The van der Waals surface area contributed by atoms with Crippen molar-refractivity contribution >= 4 is 34.6 Å². The molecule has 0 saturated heterocycles. The highest BCUT2D eigenvalue weighted by molar-refractivity contribution is 14.1. The normalized spacial score (nSPS) is 17.4. The van der Waals surface area contributed by atoms with E-state index in [2.05, 4.69) is 10.6 Å². The van der Waals surface area contributed by atoms with Crippen LogP contribution in [-0.2, 0) is 9.53 Å². The monoisotopic (exact) mass is 432 g/mol. The van der Waals surface area contributed by atoms with Gasteiger partial charge in [-0.15, -0.1) is 0 Å². The van der Waals surface area contributed by atoms with Crippen molar-refractivity contribution in [3.63, 3.8) is 0 Å². The van der Waals surface area contributed by atoms with Crippen molar-refractivity contribution in [3.8, 4) is 11.5 Å². The summed E-state index contributed by atoms with van der Waals surface area (Å²) in [5, 5.41) is 15.3. The number of esters is 1. The number of ether oxygens (including phenoxy) is 2. The summed E-state index contributed by atoms with van der Waals surface area (Å²) in [7, 11) is 1.28. The number of phenolic OH excluding ortho intramolecular Hbond substituents is 1. The van der Waals surface area contributed by atoms with Crippen molar-refractivity contribution in [2.45, 2.75) is 19.9 Å². The molecule has 124 valence electrons. The SMILES string of the molecule is CCOc1cc([C@H]2NC(=O)NC(C)=C2C(=O)OC)cc(I)c1O. The Morgan fingerprint density at radius 3 is 2.74 bits per heavy atom. The van der Waals surface area contributed by atoms with Crippen molar-refractivity contribution in [1.82, 2.24) is 10.6 Å². The number of nitrogens with one attached hydrogen (secondary N) is 2. The number of amides is 2. The van der Waals surface area contributed by atoms with Gasteiger partial charge in [0.05, 0.1) is 28.9 Å². The number of carbonyl (C=O) groups is 2. The van der Waals surface area contributed by atoms with E-state index in [0.717, 1.165) is 0 Å². The first-order valence-corrected chi connectivity index (χ1v) is 7.98. The molecule has 7 nitrogen and oxygen atoms in total. The Morgan fingerprint density at radius 2 is 2.13 bits per heavy atom. The molecular weight excluding hydrogens is 415 g/mol. The molecular formula is C15H17IN2O5. The van der Waals surface area contributed by atoms with E-state index in [9.17, 15) is 14.7 Å². The molecule has 0 unspecified atom stereocenters. The van der Waals surface area contributed by atoms with E-state index in [0.29, 0.717) is 32.8 Å². The second-order valence-corrected chi connectivity index (χ2v) is 6.01. The number of aromatic hydroxyl groups is 1. The van der Waals surface area contributed by atoms with Crippen molar-refractivity contribution < 1.29 is 24.2 Å².